The number of anilines is 2. The number of aryl methyl sites for hydroxylation is 1. The Morgan fingerprint density at radius 2 is 2.00 bits per heavy atom. The van der Waals surface area contributed by atoms with Gasteiger partial charge in [0.2, 0.25) is 0 Å². The summed E-state index contributed by atoms with van der Waals surface area (Å²) in [6, 6.07) is 5.53. The van der Waals surface area contributed by atoms with E-state index in [-0.39, 0.29) is 6.03 Å². The quantitative estimate of drug-likeness (QED) is 0.935. The first-order valence-electron chi connectivity index (χ1n) is 7.89. The normalized spacial score (nSPS) is 14.4. The number of carbonyl (C=O) groups excluding carboxylic acids is 1. The maximum atomic E-state index is 12.5. The van der Waals surface area contributed by atoms with Crippen molar-refractivity contribution in [2.75, 3.05) is 43.5 Å². The Balaban J connectivity index is 1.57. The lowest BCUT2D eigenvalue weighted by molar-refractivity contribution is 0.208. The molecule has 1 N–H and O–H groups in total. The molecule has 7 nitrogen and oxygen atoms in total. The molecule has 1 aromatic heterocycles. The summed E-state index contributed by atoms with van der Waals surface area (Å²) in [6.45, 7) is 4.74. The highest BCUT2D eigenvalue weighted by Gasteiger charge is 2.22. The number of ether oxygens (including phenoxy) is 1. The van der Waals surface area contributed by atoms with Gasteiger partial charge in [-0.1, -0.05) is 0 Å². The van der Waals surface area contributed by atoms with Crippen molar-refractivity contribution in [2.45, 2.75) is 6.92 Å². The standard InChI is InChI=1S/C17H21N5O2/c1-13-11-14(24-2)3-4-15(13)20-17(23)22-9-7-21(8-10-22)16-12-18-5-6-19-16/h3-6,11-12H,7-10H2,1-2H3,(H,20,23). The largest absolute Gasteiger partial charge is 0.497 e. The first kappa shape index (κ1) is 16.0. The Hall–Kier alpha value is -2.83. The van der Waals surface area contributed by atoms with Crippen molar-refractivity contribution in [2.24, 2.45) is 0 Å². The van der Waals surface area contributed by atoms with Crippen molar-refractivity contribution in [1.29, 1.82) is 0 Å². The van der Waals surface area contributed by atoms with Crippen LogP contribution in [0, 0.1) is 6.92 Å². The number of amides is 2. The van der Waals surface area contributed by atoms with E-state index in [1.54, 1.807) is 25.7 Å². The highest BCUT2D eigenvalue weighted by atomic mass is 16.5. The lowest BCUT2D eigenvalue weighted by Gasteiger charge is -2.35. The number of methoxy groups -OCH3 is 1. The van der Waals surface area contributed by atoms with Gasteiger partial charge in [-0.3, -0.25) is 4.98 Å². The van der Waals surface area contributed by atoms with Gasteiger partial charge in [-0.2, -0.15) is 0 Å². The summed E-state index contributed by atoms with van der Waals surface area (Å²) in [5.74, 6) is 1.63. The molecule has 0 spiro atoms. The zero-order valence-electron chi connectivity index (χ0n) is 13.9. The van der Waals surface area contributed by atoms with Crippen LogP contribution in [0.15, 0.2) is 36.8 Å². The van der Waals surface area contributed by atoms with Gasteiger partial charge in [0, 0.05) is 44.3 Å². The fourth-order valence-corrected chi connectivity index (χ4v) is 2.69. The molecule has 2 amide bonds. The number of nitrogens with zero attached hydrogens (tertiary/aromatic N) is 4. The number of urea groups is 1. The van der Waals surface area contributed by atoms with Crippen LogP contribution in [0.4, 0.5) is 16.3 Å². The van der Waals surface area contributed by atoms with Crippen LogP contribution >= 0.6 is 0 Å². The van der Waals surface area contributed by atoms with Crippen molar-refractivity contribution < 1.29 is 9.53 Å². The third kappa shape index (κ3) is 3.56. The second kappa shape index (κ2) is 7.16. The van der Waals surface area contributed by atoms with E-state index >= 15 is 0 Å². The van der Waals surface area contributed by atoms with Crippen molar-refractivity contribution in [3.63, 3.8) is 0 Å². The minimum Gasteiger partial charge on any atom is -0.497 e. The fraction of sp³-hybridized carbons (Fsp3) is 0.353. The van der Waals surface area contributed by atoms with E-state index in [0.717, 1.165) is 35.9 Å². The Labute approximate surface area is 141 Å². The fourth-order valence-electron chi connectivity index (χ4n) is 2.69. The zero-order valence-corrected chi connectivity index (χ0v) is 13.9. The molecule has 2 heterocycles. The van der Waals surface area contributed by atoms with Crippen LogP contribution in [0.5, 0.6) is 5.75 Å². The molecule has 2 aromatic rings. The third-order valence-corrected chi connectivity index (χ3v) is 4.12. The molecule has 1 fully saturated rings. The van der Waals surface area contributed by atoms with Crippen LogP contribution in [0.3, 0.4) is 0 Å². The molecule has 0 atom stereocenters. The highest BCUT2D eigenvalue weighted by Crippen LogP contribution is 2.21. The molecule has 1 aliphatic rings. The third-order valence-electron chi connectivity index (χ3n) is 4.12. The zero-order chi connectivity index (χ0) is 16.9. The van der Waals surface area contributed by atoms with Crippen LogP contribution in [0.25, 0.3) is 0 Å². The summed E-state index contributed by atoms with van der Waals surface area (Å²) in [7, 11) is 1.63. The van der Waals surface area contributed by atoms with Gasteiger partial charge in [-0.15, -0.1) is 0 Å². The summed E-state index contributed by atoms with van der Waals surface area (Å²) < 4.78 is 5.19. The van der Waals surface area contributed by atoms with Crippen LogP contribution in [-0.4, -0.2) is 54.2 Å². The van der Waals surface area contributed by atoms with E-state index in [1.807, 2.05) is 30.0 Å². The number of rotatable bonds is 3. The molecule has 0 bridgehead atoms. The minimum atomic E-state index is -0.0814. The molecule has 1 aromatic carbocycles. The molecular weight excluding hydrogens is 306 g/mol. The maximum absolute atomic E-state index is 12.5. The van der Waals surface area contributed by atoms with Crippen molar-refractivity contribution in [3.05, 3.63) is 42.4 Å². The molecule has 7 heteroatoms. The molecular formula is C17H21N5O2. The van der Waals surface area contributed by atoms with Gasteiger partial charge in [-0.25, -0.2) is 9.78 Å². The van der Waals surface area contributed by atoms with Gasteiger partial charge in [0.1, 0.15) is 11.6 Å². The monoisotopic (exact) mass is 327 g/mol. The van der Waals surface area contributed by atoms with Gasteiger partial charge >= 0.3 is 6.03 Å². The molecule has 0 aliphatic carbocycles. The molecule has 0 unspecified atom stereocenters. The molecule has 24 heavy (non-hydrogen) atoms. The van der Waals surface area contributed by atoms with Crippen LogP contribution < -0.4 is 15.0 Å². The van der Waals surface area contributed by atoms with Crippen LogP contribution in [0.1, 0.15) is 5.56 Å². The predicted octanol–water partition coefficient (Wildman–Crippen LogP) is 2.15. The summed E-state index contributed by atoms with van der Waals surface area (Å²) in [6.07, 6.45) is 5.09. The lowest BCUT2D eigenvalue weighted by Crippen LogP contribution is -2.50. The number of hydrogen-bond donors (Lipinski definition) is 1. The molecule has 1 aliphatic heterocycles. The van der Waals surface area contributed by atoms with E-state index in [4.69, 9.17) is 4.74 Å². The second-order valence-electron chi connectivity index (χ2n) is 5.65. The van der Waals surface area contributed by atoms with Crippen molar-refractivity contribution in [3.8, 4) is 5.75 Å². The second-order valence-corrected chi connectivity index (χ2v) is 5.65. The number of aromatic nitrogens is 2. The minimum absolute atomic E-state index is 0.0814. The number of benzene rings is 1. The number of piperazine rings is 1. The topological polar surface area (TPSA) is 70.6 Å². The first-order valence-corrected chi connectivity index (χ1v) is 7.89. The summed E-state index contributed by atoms with van der Waals surface area (Å²) in [4.78, 5) is 24.8. The van der Waals surface area contributed by atoms with E-state index in [9.17, 15) is 4.79 Å². The van der Waals surface area contributed by atoms with Crippen molar-refractivity contribution >= 4 is 17.5 Å². The summed E-state index contributed by atoms with van der Waals surface area (Å²) in [5, 5.41) is 2.97. The predicted molar refractivity (Wildman–Crippen MR) is 92.6 cm³/mol. The van der Waals surface area contributed by atoms with Gasteiger partial charge < -0.3 is 19.9 Å². The first-order chi connectivity index (χ1) is 11.7. The summed E-state index contributed by atoms with van der Waals surface area (Å²) >= 11 is 0. The molecule has 0 radical (unpaired) electrons. The van der Waals surface area contributed by atoms with Gasteiger partial charge in [0.25, 0.3) is 0 Å². The molecule has 0 saturated carbocycles. The van der Waals surface area contributed by atoms with Gasteiger partial charge in [0.15, 0.2) is 0 Å². The SMILES string of the molecule is COc1ccc(NC(=O)N2CCN(c3cnccn3)CC2)c(C)c1. The Kier molecular flexibility index (Phi) is 4.79. The van der Waals surface area contributed by atoms with E-state index < -0.39 is 0 Å². The molecule has 1 saturated heterocycles. The lowest BCUT2D eigenvalue weighted by atomic mass is 10.2. The molecule has 3 rings (SSSR count). The van der Waals surface area contributed by atoms with E-state index in [0.29, 0.717) is 13.1 Å². The Morgan fingerprint density at radius 1 is 1.21 bits per heavy atom. The molecule has 126 valence electrons. The maximum Gasteiger partial charge on any atom is 0.321 e. The van der Waals surface area contributed by atoms with Crippen molar-refractivity contribution in [1.82, 2.24) is 14.9 Å². The summed E-state index contributed by atoms with van der Waals surface area (Å²) in [5.41, 5.74) is 1.78. The van der Waals surface area contributed by atoms with E-state index in [1.165, 1.54) is 0 Å². The van der Waals surface area contributed by atoms with E-state index in [2.05, 4.69) is 20.2 Å². The number of carbonyl (C=O) groups is 1. The van der Waals surface area contributed by atoms with Gasteiger partial charge in [0.05, 0.1) is 13.3 Å². The van der Waals surface area contributed by atoms with Crippen LogP contribution in [-0.2, 0) is 0 Å². The number of hydrogen-bond acceptors (Lipinski definition) is 5. The highest BCUT2D eigenvalue weighted by molar-refractivity contribution is 5.90. The Bertz CT molecular complexity index is 699. The average molecular weight is 327 g/mol. The smallest absolute Gasteiger partial charge is 0.321 e. The average Bonchev–Trinajstić information content (AvgIpc) is 2.64. The van der Waals surface area contributed by atoms with Gasteiger partial charge in [-0.05, 0) is 30.7 Å². The Morgan fingerprint density at radius 3 is 2.62 bits per heavy atom. The van der Waals surface area contributed by atoms with Crippen LogP contribution in [0.2, 0.25) is 0 Å². The number of nitrogens with one attached hydrogen (secondary N) is 1.